The average Bonchev–Trinajstić information content (AvgIpc) is 1.93. The van der Waals surface area contributed by atoms with E-state index in [9.17, 15) is 18.0 Å². The maximum absolute atomic E-state index is 12.2. The molecule has 7 heteroatoms. The number of amides is 1. The van der Waals surface area contributed by atoms with Crippen molar-refractivity contribution >= 4 is 5.91 Å². The van der Waals surface area contributed by atoms with E-state index in [1.165, 1.54) is 0 Å². The Morgan fingerprint density at radius 3 is 2.29 bits per heavy atom. The minimum atomic E-state index is -4.75. The summed E-state index contributed by atoms with van der Waals surface area (Å²) in [5, 5.41) is 2.15. The Bertz CT molecular complexity index is 236. The third-order valence-corrected chi connectivity index (χ3v) is 2.03. The van der Waals surface area contributed by atoms with Gasteiger partial charge < -0.3 is 15.8 Å². The van der Waals surface area contributed by atoms with Gasteiger partial charge >= 0.3 is 6.18 Å². The lowest BCUT2D eigenvalue weighted by molar-refractivity contribution is -0.189. The Morgan fingerprint density at radius 2 is 2.00 bits per heavy atom. The molecule has 1 aliphatic rings. The molecular formula is C7H11F3N2O2. The van der Waals surface area contributed by atoms with Gasteiger partial charge in [0.2, 0.25) is 5.91 Å². The first-order chi connectivity index (χ1) is 6.25. The summed E-state index contributed by atoms with van der Waals surface area (Å²) in [6.45, 7) is 1.11. The molecule has 3 N–H and O–H groups in total. The molecule has 0 aromatic heterocycles. The third-order valence-electron chi connectivity index (χ3n) is 2.03. The van der Waals surface area contributed by atoms with Crippen LogP contribution in [0.5, 0.6) is 0 Å². The van der Waals surface area contributed by atoms with E-state index in [2.05, 4.69) is 5.32 Å². The topological polar surface area (TPSA) is 64.4 Å². The van der Waals surface area contributed by atoms with Crippen LogP contribution in [0.4, 0.5) is 13.2 Å². The minimum Gasteiger partial charge on any atom is -0.377 e. The van der Waals surface area contributed by atoms with E-state index < -0.39 is 17.6 Å². The molecule has 1 amide bonds. The van der Waals surface area contributed by atoms with Crippen LogP contribution in [-0.2, 0) is 9.53 Å². The predicted molar refractivity (Wildman–Crippen MR) is 41.4 cm³/mol. The van der Waals surface area contributed by atoms with Crippen LogP contribution < -0.4 is 11.1 Å². The molecule has 1 unspecified atom stereocenters. The molecule has 0 aromatic rings. The van der Waals surface area contributed by atoms with Crippen LogP contribution in [0, 0.1) is 0 Å². The lowest BCUT2D eigenvalue weighted by Crippen LogP contribution is -2.64. The normalized spacial score (nSPS) is 22.4. The fourth-order valence-corrected chi connectivity index (χ4v) is 0.783. The first kappa shape index (κ1) is 11.3. The molecule has 1 saturated heterocycles. The summed E-state index contributed by atoms with van der Waals surface area (Å²) in [4.78, 5) is 11.1. The SMILES string of the molecule is CC(N)(C(=O)NC1COC1)C(F)(F)F. The molecule has 1 fully saturated rings. The number of nitrogens with two attached hydrogens (primary N) is 1. The third kappa shape index (κ3) is 1.98. The molecule has 0 radical (unpaired) electrons. The molecule has 4 nitrogen and oxygen atoms in total. The average molecular weight is 212 g/mol. The Kier molecular flexibility index (Phi) is 2.73. The van der Waals surface area contributed by atoms with Gasteiger partial charge in [0, 0.05) is 0 Å². The highest BCUT2D eigenvalue weighted by Crippen LogP contribution is 2.28. The molecule has 0 saturated carbocycles. The number of alkyl halides is 3. The zero-order valence-electron chi connectivity index (χ0n) is 7.52. The summed E-state index contributed by atoms with van der Waals surface area (Å²) >= 11 is 0. The second-order valence-electron chi connectivity index (χ2n) is 3.41. The Balaban J connectivity index is 2.57. The first-order valence-corrected chi connectivity index (χ1v) is 3.99. The molecular weight excluding hydrogens is 201 g/mol. The van der Waals surface area contributed by atoms with Crippen LogP contribution in [0.2, 0.25) is 0 Å². The first-order valence-electron chi connectivity index (χ1n) is 3.99. The number of hydrogen-bond acceptors (Lipinski definition) is 3. The number of ether oxygens (including phenoxy) is 1. The van der Waals surface area contributed by atoms with E-state index >= 15 is 0 Å². The quantitative estimate of drug-likeness (QED) is 0.665. The van der Waals surface area contributed by atoms with Gasteiger partial charge in [0.05, 0.1) is 19.3 Å². The van der Waals surface area contributed by atoms with Gasteiger partial charge in [-0.2, -0.15) is 13.2 Å². The number of hydrogen-bond donors (Lipinski definition) is 2. The minimum absolute atomic E-state index is 0.236. The molecule has 1 rings (SSSR count). The Labute approximate surface area is 78.6 Å². The second-order valence-corrected chi connectivity index (χ2v) is 3.41. The maximum Gasteiger partial charge on any atom is 0.415 e. The second kappa shape index (κ2) is 3.39. The van der Waals surface area contributed by atoms with E-state index in [4.69, 9.17) is 10.5 Å². The van der Waals surface area contributed by atoms with Crippen LogP contribution in [0.15, 0.2) is 0 Å². The van der Waals surface area contributed by atoms with Gasteiger partial charge in [0.15, 0.2) is 5.54 Å². The van der Waals surface area contributed by atoms with Crippen molar-refractivity contribution in [1.82, 2.24) is 5.32 Å². The standard InChI is InChI=1S/C7H11F3N2O2/c1-6(11,7(8,9)10)5(13)12-4-2-14-3-4/h4H,2-3,11H2,1H3,(H,12,13). The molecule has 0 spiro atoms. The number of rotatable bonds is 2. The molecule has 0 bridgehead atoms. The summed E-state index contributed by atoms with van der Waals surface area (Å²) in [7, 11) is 0. The summed E-state index contributed by atoms with van der Waals surface area (Å²) < 4.78 is 41.4. The number of halogens is 3. The molecule has 82 valence electrons. The van der Waals surface area contributed by atoms with Crippen molar-refractivity contribution in [3.05, 3.63) is 0 Å². The fraction of sp³-hybridized carbons (Fsp3) is 0.857. The van der Waals surface area contributed by atoms with Gasteiger partial charge in [-0.25, -0.2) is 0 Å². The van der Waals surface area contributed by atoms with E-state index in [-0.39, 0.29) is 19.3 Å². The summed E-state index contributed by atoms with van der Waals surface area (Å²) in [6.07, 6.45) is -4.75. The highest BCUT2D eigenvalue weighted by Gasteiger charge is 2.54. The number of carbonyl (C=O) groups excluding carboxylic acids is 1. The lowest BCUT2D eigenvalue weighted by atomic mass is 10.0. The zero-order valence-corrected chi connectivity index (χ0v) is 7.52. The van der Waals surface area contributed by atoms with Crippen LogP contribution in [0.1, 0.15) is 6.92 Å². The van der Waals surface area contributed by atoms with Crippen molar-refractivity contribution in [3.8, 4) is 0 Å². The van der Waals surface area contributed by atoms with Crippen molar-refractivity contribution in [2.75, 3.05) is 13.2 Å². The largest absolute Gasteiger partial charge is 0.415 e. The highest BCUT2D eigenvalue weighted by atomic mass is 19.4. The molecule has 14 heavy (non-hydrogen) atoms. The Morgan fingerprint density at radius 1 is 1.50 bits per heavy atom. The monoisotopic (exact) mass is 212 g/mol. The Hall–Kier alpha value is -0.820. The van der Waals surface area contributed by atoms with Crippen molar-refractivity contribution in [3.63, 3.8) is 0 Å². The van der Waals surface area contributed by atoms with Crippen molar-refractivity contribution in [2.24, 2.45) is 5.73 Å². The van der Waals surface area contributed by atoms with Crippen LogP contribution in [0.25, 0.3) is 0 Å². The van der Waals surface area contributed by atoms with E-state index in [0.29, 0.717) is 6.92 Å². The predicted octanol–water partition coefficient (Wildman–Crippen LogP) is -0.219. The number of carbonyl (C=O) groups is 1. The molecule has 1 aliphatic heterocycles. The van der Waals surface area contributed by atoms with Crippen molar-refractivity contribution in [2.45, 2.75) is 24.7 Å². The zero-order chi connectivity index (χ0) is 11.0. The van der Waals surface area contributed by atoms with Crippen LogP contribution in [0.3, 0.4) is 0 Å². The summed E-state index contributed by atoms with van der Waals surface area (Å²) in [6, 6.07) is -0.354. The van der Waals surface area contributed by atoms with Gasteiger partial charge in [0.25, 0.3) is 0 Å². The van der Waals surface area contributed by atoms with E-state index in [1.54, 1.807) is 0 Å². The van der Waals surface area contributed by atoms with Gasteiger partial charge in [-0.15, -0.1) is 0 Å². The number of nitrogens with one attached hydrogen (secondary N) is 1. The van der Waals surface area contributed by atoms with Gasteiger partial charge in [-0.3, -0.25) is 4.79 Å². The van der Waals surface area contributed by atoms with E-state index in [0.717, 1.165) is 0 Å². The van der Waals surface area contributed by atoms with Crippen LogP contribution >= 0.6 is 0 Å². The molecule has 0 aliphatic carbocycles. The fourth-order valence-electron chi connectivity index (χ4n) is 0.783. The summed E-state index contributed by atoms with van der Waals surface area (Å²) in [5.41, 5.74) is 2.04. The lowest BCUT2D eigenvalue weighted by Gasteiger charge is -2.32. The van der Waals surface area contributed by atoms with E-state index in [1.807, 2.05) is 0 Å². The van der Waals surface area contributed by atoms with Gasteiger partial charge in [-0.05, 0) is 6.92 Å². The van der Waals surface area contributed by atoms with Crippen LogP contribution in [-0.4, -0.2) is 36.9 Å². The molecule has 1 heterocycles. The van der Waals surface area contributed by atoms with Gasteiger partial charge in [0.1, 0.15) is 0 Å². The molecule has 1 atom stereocenters. The van der Waals surface area contributed by atoms with Gasteiger partial charge in [-0.1, -0.05) is 0 Å². The highest BCUT2D eigenvalue weighted by molar-refractivity contribution is 5.86. The van der Waals surface area contributed by atoms with Crippen molar-refractivity contribution in [1.29, 1.82) is 0 Å². The van der Waals surface area contributed by atoms with Crippen molar-refractivity contribution < 1.29 is 22.7 Å². The smallest absolute Gasteiger partial charge is 0.377 e. The molecule has 0 aromatic carbocycles. The maximum atomic E-state index is 12.2. The summed E-state index contributed by atoms with van der Waals surface area (Å²) in [5.74, 6) is -1.22.